The number of ether oxygens (including phenoxy) is 2. The van der Waals surface area contributed by atoms with E-state index in [0.29, 0.717) is 25.4 Å². The summed E-state index contributed by atoms with van der Waals surface area (Å²) < 4.78 is 16.3. The molecule has 1 unspecified atom stereocenters. The van der Waals surface area contributed by atoms with E-state index in [2.05, 4.69) is 31.2 Å². The van der Waals surface area contributed by atoms with Crippen LogP contribution in [-0.4, -0.2) is 30.4 Å². The Morgan fingerprint density at radius 3 is 2.68 bits per heavy atom. The van der Waals surface area contributed by atoms with Gasteiger partial charge in [-0.1, -0.05) is 55.5 Å². The molecule has 0 saturated carbocycles. The first-order valence-electron chi connectivity index (χ1n) is 10.7. The number of rotatable bonds is 12. The van der Waals surface area contributed by atoms with Gasteiger partial charge in [0.25, 0.3) is 0 Å². The summed E-state index contributed by atoms with van der Waals surface area (Å²) in [4.78, 5) is 11.8. The summed E-state index contributed by atoms with van der Waals surface area (Å²) in [5, 5.41) is 3.84. The second-order valence-electron chi connectivity index (χ2n) is 7.49. The lowest BCUT2D eigenvalue weighted by Crippen LogP contribution is -2.16. The molecule has 1 aliphatic rings. The van der Waals surface area contributed by atoms with Crippen LogP contribution in [0.15, 0.2) is 27.8 Å². The summed E-state index contributed by atoms with van der Waals surface area (Å²) in [6.45, 7) is 8.93. The van der Waals surface area contributed by atoms with Gasteiger partial charge in [-0.2, -0.15) is 0 Å². The Morgan fingerprint density at radius 2 is 1.96 bits per heavy atom. The second-order valence-corrected chi connectivity index (χ2v) is 7.49. The van der Waals surface area contributed by atoms with Crippen LogP contribution in [0.4, 0.5) is 0 Å². The third kappa shape index (κ3) is 6.62. The number of aromatic nitrogens is 1. The second kappa shape index (κ2) is 11.8. The first-order valence-corrected chi connectivity index (χ1v) is 10.7. The van der Waals surface area contributed by atoms with Gasteiger partial charge in [0.15, 0.2) is 5.69 Å². The Balaban J connectivity index is 1.74. The highest BCUT2D eigenvalue weighted by Gasteiger charge is 2.20. The molecular formula is C23H35NO4. The van der Waals surface area contributed by atoms with Crippen LogP contribution in [-0.2, 0) is 15.9 Å². The molecule has 0 fully saturated rings. The van der Waals surface area contributed by atoms with Gasteiger partial charge in [0, 0.05) is 12.0 Å². The Kier molecular flexibility index (Phi) is 9.48. The van der Waals surface area contributed by atoms with Crippen LogP contribution in [0.1, 0.15) is 87.5 Å². The van der Waals surface area contributed by atoms with Crippen LogP contribution in [0.25, 0.3) is 0 Å². The zero-order valence-corrected chi connectivity index (χ0v) is 17.9. The van der Waals surface area contributed by atoms with Crippen molar-refractivity contribution in [2.75, 3.05) is 13.2 Å². The summed E-state index contributed by atoms with van der Waals surface area (Å²) in [5.41, 5.74) is 3.91. The van der Waals surface area contributed by atoms with E-state index in [1.54, 1.807) is 6.92 Å². The van der Waals surface area contributed by atoms with Gasteiger partial charge in [0.2, 0.25) is 0 Å². The fourth-order valence-corrected chi connectivity index (χ4v) is 3.49. The maximum Gasteiger partial charge on any atom is 0.360 e. The van der Waals surface area contributed by atoms with Crippen molar-refractivity contribution >= 4 is 5.97 Å². The van der Waals surface area contributed by atoms with Crippen molar-refractivity contribution < 1.29 is 18.8 Å². The molecular weight excluding hydrogens is 354 g/mol. The lowest BCUT2D eigenvalue weighted by Gasteiger charge is -2.21. The fraction of sp³-hybridized carbons (Fsp3) is 0.652. The molecule has 1 heterocycles. The van der Waals surface area contributed by atoms with Crippen LogP contribution in [0.3, 0.4) is 0 Å². The normalized spacial score (nSPS) is 16.6. The van der Waals surface area contributed by atoms with Gasteiger partial charge in [-0.15, -0.1) is 0 Å². The van der Waals surface area contributed by atoms with Gasteiger partial charge in [0.05, 0.1) is 19.3 Å². The summed E-state index contributed by atoms with van der Waals surface area (Å²) in [6.07, 6.45) is 13.8. The molecule has 1 aromatic heterocycles. The predicted octanol–water partition coefficient (Wildman–Crippen LogP) is 5.72. The number of unbranched alkanes of at least 4 members (excludes halogenated alkanes) is 4. The molecule has 156 valence electrons. The summed E-state index contributed by atoms with van der Waals surface area (Å²) in [5.74, 6) is 0.247. The molecule has 1 aromatic rings. The van der Waals surface area contributed by atoms with Gasteiger partial charge in [-0.25, -0.2) is 4.79 Å². The number of carbonyl (C=O) groups is 1. The van der Waals surface area contributed by atoms with Crippen molar-refractivity contribution in [3.8, 4) is 0 Å². The molecule has 0 N–H and O–H groups in total. The lowest BCUT2D eigenvalue weighted by atomic mass is 9.93. The van der Waals surface area contributed by atoms with Crippen LogP contribution < -0.4 is 0 Å². The fourth-order valence-electron chi connectivity index (χ4n) is 3.49. The molecule has 2 rings (SSSR count). The summed E-state index contributed by atoms with van der Waals surface area (Å²) >= 11 is 0. The Labute approximate surface area is 169 Å². The molecule has 0 aliphatic heterocycles. The summed E-state index contributed by atoms with van der Waals surface area (Å²) in [6, 6.07) is 0. The van der Waals surface area contributed by atoms with Crippen molar-refractivity contribution in [1.82, 2.24) is 5.16 Å². The van der Waals surface area contributed by atoms with Gasteiger partial charge in [0.1, 0.15) is 5.76 Å². The van der Waals surface area contributed by atoms with Crippen molar-refractivity contribution in [2.45, 2.75) is 85.2 Å². The molecule has 0 spiro atoms. The zero-order chi connectivity index (χ0) is 20.4. The number of nitrogens with zero attached hydrogens (tertiary/aromatic N) is 1. The molecule has 0 saturated heterocycles. The third-order valence-corrected chi connectivity index (χ3v) is 5.27. The predicted molar refractivity (Wildman–Crippen MR) is 110 cm³/mol. The number of esters is 1. The van der Waals surface area contributed by atoms with Gasteiger partial charge in [-0.3, -0.25) is 0 Å². The van der Waals surface area contributed by atoms with Gasteiger partial charge < -0.3 is 14.0 Å². The smallest absolute Gasteiger partial charge is 0.360 e. The number of hydrogen-bond donors (Lipinski definition) is 0. The minimum Gasteiger partial charge on any atom is -0.461 e. The van der Waals surface area contributed by atoms with Gasteiger partial charge >= 0.3 is 5.97 Å². The standard InChI is InChI=1S/C23H35NO4/c1-5-7-8-9-10-11-19-12-13-20(16-17(19)3)27-15-14-21-18(4)22(24-28-21)23(25)26-6-2/h12-13,20H,5-11,14-16H2,1-4H3. The van der Waals surface area contributed by atoms with Crippen molar-refractivity contribution in [3.63, 3.8) is 0 Å². The minimum absolute atomic E-state index is 0.108. The highest BCUT2D eigenvalue weighted by atomic mass is 16.5. The molecule has 1 aliphatic carbocycles. The Morgan fingerprint density at radius 1 is 1.18 bits per heavy atom. The number of carbonyl (C=O) groups excluding carboxylic acids is 1. The van der Waals surface area contributed by atoms with Crippen molar-refractivity contribution in [2.24, 2.45) is 0 Å². The Hall–Kier alpha value is -1.88. The van der Waals surface area contributed by atoms with Crippen molar-refractivity contribution in [3.05, 3.63) is 40.3 Å². The first kappa shape index (κ1) is 22.4. The molecule has 1 atom stereocenters. The van der Waals surface area contributed by atoms with E-state index >= 15 is 0 Å². The maximum atomic E-state index is 11.8. The van der Waals surface area contributed by atoms with Crippen molar-refractivity contribution in [1.29, 1.82) is 0 Å². The lowest BCUT2D eigenvalue weighted by molar-refractivity contribution is 0.0514. The van der Waals surface area contributed by atoms with E-state index in [-0.39, 0.29) is 11.8 Å². The third-order valence-electron chi connectivity index (χ3n) is 5.27. The molecule has 0 radical (unpaired) electrons. The summed E-state index contributed by atoms with van der Waals surface area (Å²) in [7, 11) is 0. The van der Waals surface area contributed by atoms with Crippen LogP contribution in [0.2, 0.25) is 0 Å². The van der Waals surface area contributed by atoms with E-state index in [0.717, 1.165) is 12.0 Å². The highest BCUT2D eigenvalue weighted by Crippen LogP contribution is 2.25. The molecule has 0 amide bonds. The van der Waals surface area contributed by atoms with E-state index in [1.165, 1.54) is 49.7 Å². The number of hydrogen-bond acceptors (Lipinski definition) is 5. The van der Waals surface area contributed by atoms with Crippen LogP contribution in [0.5, 0.6) is 0 Å². The van der Waals surface area contributed by atoms with E-state index in [4.69, 9.17) is 14.0 Å². The van der Waals surface area contributed by atoms with E-state index in [1.807, 2.05) is 6.92 Å². The monoisotopic (exact) mass is 389 g/mol. The molecule has 28 heavy (non-hydrogen) atoms. The molecule has 0 bridgehead atoms. The van der Waals surface area contributed by atoms with Gasteiger partial charge in [-0.05, 0) is 45.6 Å². The maximum absolute atomic E-state index is 11.8. The largest absolute Gasteiger partial charge is 0.461 e. The minimum atomic E-state index is -0.436. The molecule has 5 heteroatoms. The van der Waals surface area contributed by atoms with Crippen LogP contribution in [0, 0.1) is 6.92 Å². The average Bonchev–Trinajstić information content (AvgIpc) is 3.04. The zero-order valence-electron chi connectivity index (χ0n) is 17.9. The Bertz CT molecular complexity index is 687. The van der Waals surface area contributed by atoms with E-state index < -0.39 is 5.97 Å². The number of allylic oxidation sites excluding steroid dienone is 2. The topological polar surface area (TPSA) is 61.6 Å². The first-order chi connectivity index (χ1) is 13.6. The SMILES string of the molecule is CCCCCCCC1=C(C)CC(OCCc2onc(C(=O)OCC)c2C)C=C1. The highest BCUT2D eigenvalue weighted by molar-refractivity contribution is 5.88. The quantitative estimate of drug-likeness (QED) is 0.338. The molecule has 5 nitrogen and oxygen atoms in total. The van der Waals surface area contributed by atoms with E-state index in [9.17, 15) is 4.79 Å². The average molecular weight is 390 g/mol. The van der Waals surface area contributed by atoms with Crippen LogP contribution >= 0.6 is 0 Å². The molecule has 0 aromatic carbocycles.